The van der Waals surface area contributed by atoms with E-state index in [4.69, 9.17) is 15.6 Å². The molecule has 0 bridgehead atoms. The van der Waals surface area contributed by atoms with Gasteiger partial charge in [0.1, 0.15) is 0 Å². The molecule has 2 aromatic heterocycles. The molecule has 32 heavy (non-hydrogen) atoms. The molecule has 3 fully saturated rings. The predicted octanol–water partition coefficient (Wildman–Crippen LogP) is 3.92. The van der Waals surface area contributed by atoms with Crippen LogP contribution in [0.15, 0.2) is 18.3 Å². The molecule has 2 saturated carbocycles. The molecule has 5 atom stereocenters. The van der Waals surface area contributed by atoms with Crippen molar-refractivity contribution in [2.75, 3.05) is 25.9 Å². The average Bonchev–Trinajstić information content (AvgIpc) is 3.23. The van der Waals surface area contributed by atoms with Gasteiger partial charge in [-0.3, -0.25) is 9.58 Å². The van der Waals surface area contributed by atoms with Crippen molar-refractivity contribution in [2.45, 2.75) is 63.8 Å². The van der Waals surface area contributed by atoms with E-state index >= 15 is 0 Å². The monoisotopic (exact) mass is 447 g/mol. The molecule has 0 aromatic carbocycles. The lowest BCUT2D eigenvalue weighted by atomic mass is 10.0. The first-order valence-corrected chi connectivity index (χ1v) is 11.4. The number of anilines is 1. The molecular weight excluding hydrogens is 416 g/mol. The zero-order valence-corrected chi connectivity index (χ0v) is 18.7. The average molecular weight is 448 g/mol. The number of halogens is 2. The Balaban J connectivity index is 1.34. The molecule has 3 aliphatic rings. The summed E-state index contributed by atoms with van der Waals surface area (Å²) in [6.07, 6.45) is 5.51. The summed E-state index contributed by atoms with van der Waals surface area (Å²) in [5, 5.41) is 4.80. The molecule has 7 nitrogen and oxygen atoms in total. The van der Waals surface area contributed by atoms with Crippen LogP contribution in [-0.4, -0.2) is 58.6 Å². The van der Waals surface area contributed by atoms with Crippen LogP contribution < -0.4 is 10.5 Å². The summed E-state index contributed by atoms with van der Waals surface area (Å²) in [7, 11) is 1.81. The lowest BCUT2D eigenvalue weighted by Crippen LogP contribution is -2.33. The van der Waals surface area contributed by atoms with Gasteiger partial charge >= 0.3 is 6.61 Å². The number of hydrogen-bond acceptors (Lipinski definition) is 6. The minimum absolute atomic E-state index is 0.0574. The predicted molar refractivity (Wildman–Crippen MR) is 117 cm³/mol. The van der Waals surface area contributed by atoms with Gasteiger partial charge in [-0.25, -0.2) is 4.98 Å². The Kier molecular flexibility index (Phi) is 5.57. The van der Waals surface area contributed by atoms with Gasteiger partial charge in [0.2, 0.25) is 0 Å². The molecular formula is C23H31F2N5O2. The molecule has 5 rings (SSSR count). The molecule has 0 unspecified atom stereocenters. The van der Waals surface area contributed by atoms with E-state index in [9.17, 15) is 8.78 Å². The van der Waals surface area contributed by atoms with Crippen molar-refractivity contribution >= 4 is 5.82 Å². The first-order chi connectivity index (χ1) is 15.4. The van der Waals surface area contributed by atoms with Gasteiger partial charge < -0.3 is 15.2 Å². The molecule has 9 heteroatoms. The van der Waals surface area contributed by atoms with E-state index in [1.165, 1.54) is 24.6 Å². The first-order valence-electron chi connectivity index (χ1n) is 11.4. The highest BCUT2D eigenvalue weighted by atomic mass is 19.3. The Bertz CT molecular complexity index is 969. The number of alkyl halides is 2. The second-order valence-electron chi connectivity index (χ2n) is 9.60. The Morgan fingerprint density at radius 3 is 2.56 bits per heavy atom. The molecule has 2 aromatic rings. The maximum atomic E-state index is 12.7. The largest absolute Gasteiger partial charge is 0.431 e. The summed E-state index contributed by atoms with van der Waals surface area (Å²) in [5.41, 5.74) is 8.26. The van der Waals surface area contributed by atoms with Gasteiger partial charge in [-0.1, -0.05) is 0 Å². The second-order valence-corrected chi connectivity index (χ2v) is 9.60. The lowest BCUT2D eigenvalue weighted by Gasteiger charge is -2.26. The number of pyridine rings is 1. The normalized spacial score (nSPS) is 29.8. The Labute approximate surface area is 186 Å². The number of aromatic nitrogens is 3. The Morgan fingerprint density at radius 2 is 1.94 bits per heavy atom. The van der Waals surface area contributed by atoms with E-state index in [0.717, 1.165) is 19.5 Å². The van der Waals surface area contributed by atoms with Crippen molar-refractivity contribution in [3.05, 3.63) is 24.0 Å². The minimum atomic E-state index is -2.95. The number of nitrogens with zero attached hydrogens (tertiary/aromatic N) is 4. The van der Waals surface area contributed by atoms with E-state index in [0.29, 0.717) is 41.2 Å². The van der Waals surface area contributed by atoms with Gasteiger partial charge in [0.25, 0.3) is 0 Å². The maximum Gasteiger partial charge on any atom is 0.387 e. The fourth-order valence-electron chi connectivity index (χ4n) is 5.83. The lowest BCUT2D eigenvalue weighted by molar-refractivity contribution is -0.0494. The van der Waals surface area contributed by atoms with E-state index in [-0.39, 0.29) is 17.6 Å². The maximum absolute atomic E-state index is 12.7. The summed E-state index contributed by atoms with van der Waals surface area (Å²) in [6, 6.07) is 4.45. The third-order valence-corrected chi connectivity index (χ3v) is 7.44. The highest BCUT2D eigenvalue weighted by molar-refractivity contribution is 5.64. The van der Waals surface area contributed by atoms with Crippen LogP contribution in [0.4, 0.5) is 14.6 Å². The van der Waals surface area contributed by atoms with Crippen LogP contribution in [-0.2, 0) is 4.74 Å². The summed E-state index contributed by atoms with van der Waals surface area (Å²) in [5.74, 6) is 1.70. The standard InChI is InChI=1S/C23H31F2N5O2/c1-12(2)30-19(9-18(28-30)13-6-20(32-23(24)25)22(26)27-10-13)21-16-7-14(8-17(16)21)29-5-4-15(11-29)31-3/h6,9-10,12,14-17,21,23H,4-5,7-8,11H2,1-3H3,(H2,26,27)/t14-,15-,16-,17+,21+/m0/s1. The third kappa shape index (κ3) is 3.85. The van der Waals surface area contributed by atoms with Crippen molar-refractivity contribution in [2.24, 2.45) is 11.8 Å². The molecule has 1 saturated heterocycles. The van der Waals surface area contributed by atoms with Gasteiger partial charge in [0, 0.05) is 55.7 Å². The Morgan fingerprint density at radius 1 is 1.19 bits per heavy atom. The molecule has 2 N–H and O–H groups in total. The van der Waals surface area contributed by atoms with Crippen LogP contribution in [0.2, 0.25) is 0 Å². The molecule has 0 spiro atoms. The van der Waals surface area contributed by atoms with Gasteiger partial charge in [-0.05, 0) is 57.1 Å². The number of nitrogens with two attached hydrogens (primary N) is 1. The van der Waals surface area contributed by atoms with Crippen molar-refractivity contribution in [3.8, 4) is 17.0 Å². The summed E-state index contributed by atoms with van der Waals surface area (Å²) in [4.78, 5) is 6.64. The molecule has 2 aliphatic carbocycles. The van der Waals surface area contributed by atoms with Gasteiger partial charge in [0.15, 0.2) is 11.6 Å². The van der Waals surface area contributed by atoms with Gasteiger partial charge in [-0.2, -0.15) is 13.9 Å². The number of hydrogen-bond donors (Lipinski definition) is 1. The van der Waals surface area contributed by atoms with Gasteiger partial charge in [0.05, 0.1) is 11.8 Å². The van der Waals surface area contributed by atoms with Crippen molar-refractivity contribution in [1.82, 2.24) is 19.7 Å². The molecule has 1 aliphatic heterocycles. The quantitative estimate of drug-likeness (QED) is 0.693. The van der Waals surface area contributed by atoms with E-state index < -0.39 is 6.61 Å². The SMILES string of the molecule is CO[C@H]1CCN([C@@H]2C[C@@H]3[C@H](C2)[C@H]3c2cc(-c3cnc(N)c(OC(F)F)c3)nn2C(C)C)C1. The fourth-order valence-corrected chi connectivity index (χ4v) is 5.83. The van der Waals surface area contributed by atoms with Gasteiger partial charge in [-0.15, -0.1) is 0 Å². The topological polar surface area (TPSA) is 78.4 Å². The molecule has 0 amide bonds. The van der Waals surface area contributed by atoms with E-state index in [1.54, 1.807) is 13.3 Å². The number of ether oxygens (including phenoxy) is 2. The number of methoxy groups -OCH3 is 1. The van der Waals surface area contributed by atoms with Crippen LogP contribution in [0, 0.1) is 11.8 Å². The van der Waals surface area contributed by atoms with E-state index in [2.05, 4.69) is 39.2 Å². The van der Waals surface area contributed by atoms with Crippen LogP contribution >= 0.6 is 0 Å². The highest BCUT2D eigenvalue weighted by Crippen LogP contribution is 2.64. The number of likely N-dealkylation sites (tertiary alicyclic amines) is 1. The number of rotatable bonds is 7. The first kappa shape index (κ1) is 21.6. The zero-order valence-electron chi connectivity index (χ0n) is 18.7. The molecule has 3 heterocycles. The van der Waals surface area contributed by atoms with Crippen molar-refractivity contribution < 1.29 is 18.3 Å². The van der Waals surface area contributed by atoms with Crippen molar-refractivity contribution in [3.63, 3.8) is 0 Å². The summed E-state index contributed by atoms with van der Waals surface area (Å²) >= 11 is 0. The number of nitrogen functional groups attached to an aromatic ring is 1. The second kappa shape index (κ2) is 8.26. The molecule has 0 radical (unpaired) electrons. The van der Waals surface area contributed by atoms with Crippen LogP contribution in [0.3, 0.4) is 0 Å². The summed E-state index contributed by atoms with van der Waals surface area (Å²) < 4.78 is 37.5. The Hall–Kier alpha value is -2.26. The smallest absolute Gasteiger partial charge is 0.387 e. The minimum Gasteiger partial charge on any atom is -0.431 e. The fraction of sp³-hybridized carbons (Fsp3) is 0.652. The summed E-state index contributed by atoms with van der Waals surface area (Å²) in [6.45, 7) is 3.46. The van der Waals surface area contributed by atoms with E-state index in [1.807, 2.05) is 0 Å². The van der Waals surface area contributed by atoms with Crippen LogP contribution in [0.25, 0.3) is 11.3 Å². The third-order valence-electron chi connectivity index (χ3n) is 7.44. The molecule has 174 valence electrons. The highest BCUT2D eigenvalue weighted by Gasteiger charge is 2.59. The number of fused-ring (bicyclic) bond motifs is 1. The van der Waals surface area contributed by atoms with Crippen molar-refractivity contribution in [1.29, 1.82) is 0 Å². The van der Waals surface area contributed by atoms with Crippen LogP contribution in [0.5, 0.6) is 5.75 Å². The zero-order chi connectivity index (χ0) is 22.6. The van der Waals surface area contributed by atoms with Crippen LogP contribution in [0.1, 0.15) is 50.8 Å².